The van der Waals surface area contributed by atoms with Crippen molar-refractivity contribution in [2.45, 2.75) is 36.5 Å². The number of nitrogens with one attached hydrogen (secondary N) is 1. The Balaban J connectivity index is 1.37. The number of carbonyl (C=O) groups excluding carboxylic acids is 1. The summed E-state index contributed by atoms with van der Waals surface area (Å²) in [5.74, 6) is -0.453. The molecule has 0 unspecified atom stereocenters. The van der Waals surface area contributed by atoms with Crippen LogP contribution in [0.4, 0.5) is 13.2 Å². The maximum Gasteiger partial charge on any atom is 0.417 e. The van der Waals surface area contributed by atoms with Gasteiger partial charge in [-0.1, -0.05) is 109 Å². The third kappa shape index (κ3) is 8.51. The number of nitrogens with zero attached hydrogens (tertiary/aromatic N) is 1. The molecule has 0 spiro atoms. The Morgan fingerprint density at radius 3 is 1.96 bits per heavy atom. The van der Waals surface area contributed by atoms with Crippen molar-refractivity contribution >= 4 is 27.5 Å². The van der Waals surface area contributed by atoms with E-state index in [1.54, 1.807) is 36.4 Å². The lowest BCUT2D eigenvalue weighted by atomic mass is 9.82. The Morgan fingerprint density at radius 1 is 0.796 bits per heavy atom. The molecule has 5 aromatic rings. The van der Waals surface area contributed by atoms with Crippen molar-refractivity contribution in [2.75, 3.05) is 13.2 Å². The fourth-order valence-corrected chi connectivity index (χ4v) is 6.94. The minimum absolute atomic E-state index is 0.0373. The number of benzene rings is 5. The van der Waals surface area contributed by atoms with E-state index in [1.165, 1.54) is 30.3 Å². The van der Waals surface area contributed by atoms with Gasteiger partial charge < -0.3 is 4.74 Å². The Morgan fingerprint density at radius 2 is 1.37 bits per heavy atom. The first-order chi connectivity index (χ1) is 23.4. The Bertz CT molecular complexity index is 1940. The van der Waals surface area contributed by atoms with Crippen LogP contribution in [0, 0.1) is 0 Å². The minimum Gasteiger partial charge on any atom is -0.494 e. The van der Waals surface area contributed by atoms with Gasteiger partial charge in [0.25, 0.3) is 15.9 Å². The number of hydrogen-bond acceptors (Lipinski definition) is 5. The quantitative estimate of drug-likeness (QED) is 0.124. The molecule has 0 atom stereocenters. The average molecular weight is 707 g/mol. The van der Waals surface area contributed by atoms with E-state index in [9.17, 15) is 26.4 Å². The predicted molar refractivity (Wildman–Crippen MR) is 184 cm³/mol. The normalized spacial score (nSPS) is 12.1. The van der Waals surface area contributed by atoms with Gasteiger partial charge in [0, 0.05) is 18.7 Å². The van der Waals surface area contributed by atoms with Crippen LogP contribution in [0.3, 0.4) is 0 Å². The second kappa shape index (κ2) is 15.3. The highest BCUT2D eigenvalue weighted by atomic mass is 35.5. The predicted octanol–water partition coefficient (Wildman–Crippen LogP) is 8.71. The Hall–Kier alpha value is -4.64. The van der Waals surface area contributed by atoms with Crippen molar-refractivity contribution in [3.8, 4) is 5.75 Å². The van der Waals surface area contributed by atoms with Gasteiger partial charge in [0.05, 0.1) is 27.6 Å². The highest BCUT2D eigenvalue weighted by molar-refractivity contribution is 7.90. The van der Waals surface area contributed by atoms with E-state index in [0.717, 1.165) is 17.2 Å². The monoisotopic (exact) mass is 706 g/mol. The number of alkyl halides is 3. The molecule has 0 aliphatic heterocycles. The Kier molecular flexibility index (Phi) is 11.1. The molecular formula is C38H34ClF3N2O4S. The maximum atomic E-state index is 13.8. The van der Waals surface area contributed by atoms with Crippen LogP contribution >= 0.6 is 11.6 Å². The molecule has 5 rings (SSSR count). The lowest BCUT2D eigenvalue weighted by Gasteiger charge is -2.43. The molecule has 254 valence electrons. The van der Waals surface area contributed by atoms with Crippen LogP contribution in [0.15, 0.2) is 138 Å². The van der Waals surface area contributed by atoms with Crippen LogP contribution in [-0.2, 0) is 28.3 Å². The molecular weight excluding hydrogens is 673 g/mol. The van der Waals surface area contributed by atoms with Gasteiger partial charge in [-0.2, -0.15) is 13.2 Å². The lowest BCUT2D eigenvalue weighted by Crippen LogP contribution is -2.45. The van der Waals surface area contributed by atoms with Crippen molar-refractivity contribution in [1.29, 1.82) is 0 Å². The summed E-state index contributed by atoms with van der Waals surface area (Å²) >= 11 is 6.39. The summed E-state index contributed by atoms with van der Waals surface area (Å²) in [6.45, 7) is 2.72. The van der Waals surface area contributed by atoms with Crippen LogP contribution in [0.2, 0.25) is 5.02 Å². The van der Waals surface area contributed by atoms with Gasteiger partial charge >= 0.3 is 6.18 Å². The molecule has 0 saturated heterocycles. The summed E-state index contributed by atoms with van der Waals surface area (Å²) in [4.78, 5) is 14.9. The van der Waals surface area contributed by atoms with E-state index in [2.05, 4.69) is 9.62 Å². The zero-order valence-electron chi connectivity index (χ0n) is 26.5. The van der Waals surface area contributed by atoms with E-state index >= 15 is 0 Å². The molecule has 0 saturated carbocycles. The fraction of sp³-hybridized carbons (Fsp3) is 0.184. The molecule has 0 heterocycles. The first-order valence-corrected chi connectivity index (χ1v) is 17.3. The first-order valence-electron chi connectivity index (χ1n) is 15.5. The van der Waals surface area contributed by atoms with Gasteiger partial charge in [-0.3, -0.25) is 9.69 Å². The van der Waals surface area contributed by atoms with Gasteiger partial charge in [0.15, 0.2) is 0 Å². The van der Waals surface area contributed by atoms with E-state index < -0.39 is 33.2 Å². The highest BCUT2D eigenvalue weighted by Crippen LogP contribution is 2.40. The zero-order chi connectivity index (χ0) is 35.1. The molecule has 11 heteroatoms. The third-order valence-corrected chi connectivity index (χ3v) is 10.1. The van der Waals surface area contributed by atoms with Crippen LogP contribution < -0.4 is 9.46 Å². The molecule has 0 radical (unpaired) electrons. The summed E-state index contributed by atoms with van der Waals surface area (Å²) in [6, 6.07) is 37.1. The molecule has 1 N–H and O–H groups in total. The maximum absolute atomic E-state index is 13.8. The third-order valence-electron chi connectivity index (χ3n) is 8.27. The van der Waals surface area contributed by atoms with E-state index in [-0.39, 0.29) is 28.6 Å². The molecule has 49 heavy (non-hydrogen) atoms. The van der Waals surface area contributed by atoms with Gasteiger partial charge in [0.2, 0.25) is 0 Å². The topological polar surface area (TPSA) is 75.7 Å². The molecule has 1 amide bonds. The van der Waals surface area contributed by atoms with Crippen LogP contribution in [0.1, 0.15) is 46.0 Å². The molecule has 5 aromatic carbocycles. The van der Waals surface area contributed by atoms with Crippen molar-refractivity contribution in [2.24, 2.45) is 0 Å². The minimum atomic E-state index is -4.61. The van der Waals surface area contributed by atoms with E-state index in [0.29, 0.717) is 24.3 Å². The van der Waals surface area contributed by atoms with Gasteiger partial charge in [0.1, 0.15) is 5.75 Å². The first kappa shape index (κ1) is 35.7. The summed E-state index contributed by atoms with van der Waals surface area (Å²) < 4.78 is 74.8. The van der Waals surface area contributed by atoms with Gasteiger partial charge in [-0.05, 0) is 66.4 Å². The summed E-state index contributed by atoms with van der Waals surface area (Å²) in [5.41, 5.74) is 0.640. The molecule has 0 aliphatic rings. The van der Waals surface area contributed by atoms with Crippen LogP contribution in [-0.4, -0.2) is 32.4 Å². The fourth-order valence-electron chi connectivity index (χ4n) is 5.66. The van der Waals surface area contributed by atoms with Crippen molar-refractivity contribution in [3.63, 3.8) is 0 Å². The number of ether oxygens (including phenoxy) is 1. The van der Waals surface area contributed by atoms with Crippen LogP contribution in [0.25, 0.3) is 0 Å². The Labute approximate surface area is 289 Å². The number of hydrogen-bond donors (Lipinski definition) is 1. The van der Waals surface area contributed by atoms with Crippen molar-refractivity contribution < 1.29 is 31.1 Å². The van der Waals surface area contributed by atoms with E-state index in [1.807, 2.05) is 67.6 Å². The molecule has 6 nitrogen and oxygen atoms in total. The van der Waals surface area contributed by atoms with Gasteiger partial charge in [-0.25, -0.2) is 13.1 Å². The number of halogens is 4. The number of amides is 1. The molecule has 0 aromatic heterocycles. The number of sulfonamides is 1. The summed E-state index contributed by atoms with van der Waals surface area (Å²) in [5, 5.41) is -0.343. The summed E-state index contributed by atoms with van der Waals surface area (Å²) in [6.07, 6.45) is -4.16. The van der Waals surface area contributed by atoms with Crippen molar-refractivity contribution in [3.05, 3.63) is 166 Å². The largest absolute Gasteiger partial charge is 0.494 e. The number of rotatable bonds is 13. The molecule has 0 fully saturated rings. The SMILES string of the molecule is CC(c1ccccc1)(c1ccccc1)N(CCCOc1cccc(C(=O)NS(=O)(=O)c2ccccc2)c1)Cc1cccc(C(F)(F)F)c1Cl. The standard InChI is InChI=1S/C38H34ClF3N2O4S/c1-37(30-16-5-2-6-17-30,31-18-7-3-8-19-31)44(27-29-15-12-23-34(35(29)39)38(40,41)42)24-13-25-48-32-20-11-14-28(26-32)36(45)43-49(46,47)33-21-9-4-10-22-33/h2-12,14-23,26H,13,24-25,27H2,1H3,(H,43,45). The lowest BCUT2D eigenvalue weighted by molar-refractivity contribution is -0.137. The second-order valence-electron chi connectivity index (χ2n) is 11.5. The summed E-state index contributed by atoms with van der Waals surface area (Å²) in [7, 11) is -4.07. The van der Waals surface area contributed by atoms with Gasteiger partial charge in [-0.15, -0.1) is 0 Å². The molecule has 0 aliphatic carbocycles. The van der Waals surface area contributed by atoms with Crippen molar-refractivity contribution in [1.82, 2.24) is 9.62 Å². The van der Waals surface area contributed by atoms with Crippen LogP contribution in [0.5, 0.6) is 5.75 Å². The highest BCUT2D eigenvalue weighted by Gasteiger charge is 2.38. The molecule has 0 bridgehead atoms. The smallest absolute Gasteiger partial charge is 0.417 e. The average Bonchev–Trinajstić information content (AvgIpc) is 3.10. The number of carbonyl (C=O) groups is 1. The zero-order valence-corrected chi connectivity index (χ0v) is 28.1. The second-order valence-corrected chi connectivity index (χ2v) is 13.5. The van der Waals surface area contributed by atoms with E-state index in [4.69, 9.17) is 16.3 Å².